The number of carbonyl (C=O) groups is 1. The van der Waals surface area contributed by atoms with Crippen molar-refractivity contribution < 1.29 is 9.90 Å². The SMILES string of the molecule is O=C(O)c1cn(CC2CCCS2)cnc1=O. The molecular weight excluding hydrogens is 228 g/mol. The van der Waals surface area contributed by atoms with Gasteiger partial charge >= 0.3 is 5.97 Å². The van der Waals surface area contributed by atoms with Crippen molar-refractivity contribution in [3.05, 3.63) is 28.4 Å². The Morgan fingerprint density at radius 3 is 3.12 bits per heavy atom. The Morgan fingerprint density at radius 1 is 1.69 bits per heavy atom. The Labute approximate surface area is 96.5 Å². The van der Waals surface area contributed by atoms with Crippen LogP contribution < -0.4 is 5.56 Å². The number of nitrogens with zero attached hydrogens (tertiary/aromatic N) is 2. The standard InChI is InChI=1S/C10H12N2O3S/c13-9-8(10(14)15)5-12(6-11-9)4-7-2-1-3-16-7/h5-7H,1-4H2,(H,14,15). The summed E-state index contributed by atoms with van der Waals surface area (Å²) in [6, 6.07) is 0. The third kappa shape index (κ3) is 2.44. The highest BCUT2D eigenvalue weighted by Crippen LogP contribution is 2.27. The van der Waals surface area contributed by atoms with Gasteiger partial charge in [-0.05, 0) is 18.6 Å². The molecule has 86 valence electrons. The van der Waals surface area contributed by atoms with Crippen LogP contribution in [-0.2, 0) is 6.54 Å². The van der Waals surface area contributed by atoms with Crippen molar-refractivity contribution >= 4 is 17.7 Å². The zero-order valence-electron chi connectivity index (χ0n) is 8.63. The number of hydrogen-bond donors (Lipinski definition) is 1. The van der Waals surface area contributed by atoms with Gasteiger partial charge in [0, 0.05) is 18.0 Å². The molecule has 1 unspecified atom stereocenters. The maximum Gasteiger partial charge on any atom is 0.342 e. The maximum absolute atomic E-state index is 11.1. The van der Waals surface area contributed by atoms with Gasteiger partial charge in [0.15, 0.2) is 0 Å². The summed E-state index contributed by atoms with van der Waals surface area (Å²) in [4.78, 5) is 25.5. The Morgan fingerprint density at radius 2 is 2.50 bits per heavy atom. The van der Waals surface area contributed by atoms with E-state index in [0.717, 1.165) is 18.7 Å². The van der Waals surface area contributed by atoms with Crippen LogP contribution in [0.1, 0.15) is 23.2 Å². The van der Waals surface area contributed by atoms with E-state index < -0.39 is 11.5 Å². The fourth-order valence-corrected chi connectivity index (χ4v) is 3.00. The minimum Gasteiger partial charge on any atom is -0.477 e. The quantitative estimate of drug-likeness (QED) is 0.847. The average Bonchev–Trinajstić information content (AvgIpc) is 2.73. The molecule has 1 aromatic heterocycles. The van der Waals surface area contributed by atoms with Crippen molar-refractivity contribution in [1.29, 1.82) is 0 Å². The van der Waals surface area contributed by atoms with Crippen LogP contribution in [0.25, 0.3) is 0 Å². The first-order valence-electron chi connectivity index (χ1n) is 5.08. The van der Waals surface area contributed by atoms with Gasteiger partial charge in [0.1, 0.15) is 5.56 Å². The molecule has 2 rings (SSSR count). The van der Waals surface area contributed by atoms with Crippen molar-refractivity contribution in [2.75, 3.05) is 5.75 Å². The molecule has 5 nitrogen and oxygen atoms in total. The minimum absolute atomic E-state index is 0.259. The van der Waals surface area contributed by atoms with Gasteiger partial charge in [0.25, 0.3) is 5.56 Å². The van der Waals surface area contributed by atoms with Gasteiger partial charge in [-0.3, -0.25) is 4.79 Å². The number of aromatic carboxylic acids is 1. The van der Waals surface area contributed by atoms with Crippen molar-refractivity contribution in [3.63, 3.8) is 0 Å². The predicted molar refractivity (Wildman–Crippen MR) is 60.9 cm³/mol. The zero-order valence-corrected chi connectivity index (χ0v) is 9.44. The van der Waals surface area contributed by atoms with E-state index in [4.69, 9.17) is 5.11 Å². The lowest BCUT2D eigenvalue weighted by Gasteiger charge is -2.11. The van der Waals surface area contributed by atoms with E-state index in [1.165, 1.54) is 18.9 Å². The zero-order chi connectivity index (χ0) is 11.5. The van der Waals surface area contributed by atoms with Crippen LogP contribution in [0.3, 0.4) is 0 Å². The molecule has 1 aliphatic heterocycles. The van der Waals surface area contributed by atoms with Crippen LogP contribution in [0, 0.1) is 0 Å². The highest BCUT2D eigenvalue weighted by atomic mass is 32.2. The van der Waals surface area contributed by atoms with Crippen LogP contribution in [0.5, 0.6) is 0 Å². The lowest BCUT2D eigenvalue weighted by atomic mass is 10.2. The van der Waals surface area contributed by atoms with E-state index in [9.17, 15) is 9.59 Å². The molecule has 0 spiro atoms. The van der Waals surface area contributed by atoms with E-state index in [0.29, 0.717) is 5.25 Å². The van der Waals surface area contributed by atoms with Crippen LogP contribution in [0.15, 0.2) is 17.3 Å². The molecule has 1 aromatic rings. The molecule has 1 saturated heterocycles. The number of aromatic nitrogens is 2. The number of rotatable bonds is 3. The molecular formula is C10H12N2O3S. The van der Waals surface area contributed by atoms with Crippen LogP contribution >= 0.6 is 11.8 Å². The Bertz CT molecular complexity index is 452. The molecule has 1 atom stereocenters. The maximum atomic E-state index is 11.1. The number of carboxylic acid groups (broad SMARTS) is 1. The number of hydrogen-bond acceptors (Lipinski definition) is 4. The number of thioether (sulfide) groups is 1. The molecule has 0 aliphatic carbocycles. The third-order valence-corrected chi connectivity index (χ3v) is 3.90. The highest BCUT2D eigenvalue weighted by molar-refractivity contribution is 8.00. The summed E-state index contributed by atoms with van der Waals surface area (Å²) in [5.74, 6) is -0.0599. The van der Waals surface area contributed by atoms with Crippen LogP contribution in [-0.4, -0.2) is 31.6 Å². The summed E-state index contributed by atoms with van der Waals surface area (Å²) in [7, 11) is 0. The van der Waals surface area contributed by atoms with Gasteiger partial charge in [-0.25, -0.2) is 4.79 Å². The van der Waals surface area contributed by atoms with Crippen molar-refractivity contribution in [2.24, 2.45) is 0 Å². The summed E-state index contributed by atoms with van der Waals surface area (Å²) in [5.41, 5.74) is -0.937. The van der Waals surface area contributed by atoms with Crippen LogP contribution in [0.4, 0.5) is 0 Å². The molecule has 0 aromatic carbocycles. The largest absolute Gasteiger partial charge is 0.477 e. The molecule has 0 bridgehead atoms. The third-order valence-electron chi connectivity index (χ3n) is 2.52. The molecule has 1 N–H and O–H groups in total. The first kappa shape index (κ1) is 11.2. The van der Waals surface area contributed by atoms with E-state index >= 15 is 0 Å². The second kappa shape index (κ2) is 4.69. The minimum atomic E-state index is -1.22. The summed E-state index contributed by atoms with van der Waals surface area (Å²) < 4.78 is 1.69. The van der Waals surface area contributed by atoms with E-state index in [2.05, 4.69) is 4.98 Å². The molecule has 0 saturated carbocycles. The van der Waals surface area contributed by atoms with E-state index in [-0.39, 0.29) is 5.56 Å². The predicted octanol–water partition coefficient (Wildman–Crippen LogP) is 0.837. The molecule has 1 aliphatic rings. The van der Waals surface area contributed by atoms with E-state index in [1.807, 2.05) is 11.8 Å². The van der Waals surface area contributed by atoms with Gasteiger partial charge in [0.05, 0.1) is 6.33 Å². The Hall–Kier alpha value is -1.30. The molecule has 6 heteroatoms. The number of carboxylic acids is 1. The Balaban J connectivity index is 2.18. The van der Waals surface area contributed by atoms with Crippen molar-refractivity contribution in [1.82, 2.24) is 9.55 Å². The van der Waals surface area contributed by atoms with Gasteiger partial charge in [-0.15, -0.1) is 0 Å². The topological polar surface area (TPSA) is 72.2 Å². The second-order valence-corrected chi connectivity index (χ2v) is 5.14. The first-order valence-corrected chi connectivity index (χ1v) is 6.12. The lowest BCUT2D eigenvalue weighted by Crippen LogP contribution is -2.22. The fraction of sp³-hybridized carbons (Fsp3) is 0.500. The molecule has 2 heterocycles. The van der Waals surface area contributed by atoms with Crippen molar-refractivity contribution in [3.8, 4) is 0 Å². The summed E-state index contributed by atoms with van der Waals surface area (Å²) in [6.07, 6.45) is 5.12. The Kier molecular flexibility index (Phi) is 3.28. The first-order chi connectivity index (χ1) is 7.66. The smallest absolute Gasteiger partial charge is 0.342 e. The molecule has 0 amide bonds. The van der Waals surface area contributed by atoms with Gasteiger partial charge < -0.3 is 9.67 Å². The van der Waals surface area contributed by atoms with Crippen LogP contribution in [0.2, 0.25) is 0 Å². The summed E-state index contributed by atoms with van der Waals surface area (Å²) in [5, 5.41) is 9.30. The summed E-state index contributed by atoms with van der Waals surface area (Å²) in [6.45, 7) is 0.720. The van der Waals surface area contributed by atoms with Crippen molar-refractivity contribution in [2.45, 2.75) is 24.6 Å². The fourth-order valence-electron chi connectivity index (χ4n) is 1.72. The summed E-state index contributed by atoms with van der Waals surface area (Å²) >= 11 is 1.88. The molecule has 1 fully saturated rings. The van der Waals surface area contributed by atoms with Gasteiger partial charge in [-0.2, -0.15) is 16.7 Å². The average molecular weight is 240 g/mol. The highest BCUT2D eigenvalue weighted by Gasteiger charge is 2.17. The second-order valence-electron chi connectivity index (χ2n) is 3.73. The van der Waals surface area contributed by atoms with E-state index in [1.54, 1.807) is 4.57 Å². The monoisotopic (exact) mass is 240 g/mol. The molecule has 0 radical (unpaired) electrons. The van der Waals surface area contributed by atoms with Gasteiger partial charge in [0.2, 0.25) is 0 Å². The normalized spacial score (nSPS) is 19.9. The molecule has 16 heavy (non-hydrogen) atoms. The van der Waals surface area contributed by atoms with Gasteiger partial charge in [-0.1, -0.05) is 0 Å². The lowest BCUT2D eigenvalue weighted by molar-refractivity contribution is 0.0693.